The minimum absolute atomic E-state index is 0.331. The number of nitrogens with zero attached hydrogens (tertiary/aromatic N) is 2. The predicted octanol–water partition coefficient (Wildman–Crippen LogP) is 1.38. The van der Waals surface area contributed by atoms with Gasteiger partial charge in [-0.1, -0.05) is 6.08 Å². The highest BCUT2D eigenvalue weighted by Gasteiger charge is 2.13. The van der Waals surface area contributed by atoms with E-state index >= 15 is 0 Å². The van der Waals surface area contributed by atoms with Crippen molar-refractivity contribution in [3.05, 3.63) is 35.9 Å². The molecule has 1 N–H and O–H groups in total. The van der Waals surface area contributed by atoms with E-state index in [4.69, 9.17) is 4.74 Å². The van der Waals surface area contributed by atoms with Gasteiger partial charge in [-0.05, 0) is 18.6 Å². The molecule has 1 atom stereocenters. The minimum atomic E-state index is 0.331. The van der Waals surface area contributed by atoms with Crippen molar-refractivity contribution in [2.75, 3.05) is 7.11 Å². The third-order valence-electron chi connectivity index (χ3n) is 2.12. The fourth-order valence-electron chi connectivity index (χ4n) is 1.36. The van der Waals surface area contributed by atoms with Crippen LogP contribution >= 0.6 is 0 Å². The fraction of sp³-hybridized carbons (Fsp3) is 0.333. The Morgan fingerprint density at radius 1 is 1.62 bits per heavy atom. The van der Waals surface area contributed by atoms with Crippen LogP contribution in [0.25, 0.3) is 0 Å². The summed E-state index contributed by atoms with van der Waals surface area (Å²) < 4.78 is 5.09. The summed E-state index contributed by atoms with van der Waals surface area (Å²) in [7, 11) is 1.67. The topological polar surface area (TPSA) is 50.8 Å². The molecule has 0 aliphatic heterocycles. The molecule has 0 radical (unpaired) electrons. The summed E-state index contributed by atoms with van der Waals surface area (Å²) in [5, 5.41) is 10.4. The van der Waals surface area contributed by atoms with E-state index in [2.05, 4.69) is 27.6 Å². The SMILES string of the molecule is COC1=CCC(c2cn[nH]n2)C=C1. The number of hydrogen-bond acceptors (Lipinski definition) is 3. The number of aromatic amines is 1. The molecule has 4 heteroatoms. The standard InChI is InChI=1S/C9H11N3O/c1-13-8-4-2-7(3-5-8)9-6-10-12-11-9/h2,4-7H,3H2,1H3,(H,10,11,12). The molecule has 1 aliphatic rings. The van der Waals surface area contributed by atoms with E-state index in [1.807, 2.05) is 6.08 Å². The number of aromatic nitrogens is 3. The highest BCUT2D eigenvalue weighted by molar-refractivity contribution is 5.25. The Morgan fingerprint density at radius 3 is 3.08 bits per heavy atom. The Labute approximate surface area is 76.3 Å². The molecular weight excluding hydrogens is 166 g/mol. The van der Waals surface area contributed by atoms with E-state index in [1.54, 1.807) is 13.3 Å². The summed E-state index contributed by atoms with van der Waals surface area (Å²) in [6.45, 7) is 0. The molecule has 0 spiro atoms. The Bertz CT molecular complexity index is 327. The van der Waals surface area contributed by atoms with Crippen molar-refractivity contribution in [2.24, 2.45) is 0 Å². The maximum atomic E-state index is 5.09. The van der Waals surface area contributed by atoms with Crippen LogP contribution < -0.4 is 0 Å². The van der Waals surface area contributed by atoms with Gasteiger partial charge in [-0.3, -0.25) is 0 Å². The second-order valence-electron chi connectivity index (χ2n) is 2.91. The first-order valence-corrected chi connectivity index (χ1v) is 4.18. The molecule has 1 heterocycles. The van der Waals surface area contributed by atoms with Crippen LogP contribution in [0.15, 0.2) is 30.2 Å². The van der Waals surface area contributed by atoms with Gasteiger partial charge in [-0.2, -0.15) is 15.4 Å². The van der Waals surface area contributed by atoms with Gasteiger partial charge in [0.25, 0.3) is 0 Å². The highest BCUT2D eigenvalue weighted by atomic mass is 16.5. The van der Waals surface area contributed by atoms with Crippen molar-refractivity contribution in [3.8, 4) is 0 Å². The number of allylic oxidation sites excluding steroid dienone is 3. The fourth-order valence-corrected chi connectivity index (χ4v) is 1.36. The molecule has 1 unspecified atom stereocenters. The summed E-state index contributed by atoms with van der Waals surface area (Å²) in [6, 6.07) is 0. The van der Waals surface area contributed by atoms with Gasteiger partial charge in [0.05, 0.1) is 19.0 Å². The molecule has 0 saturated heterocycles. The molecule has 1 aromatic rings. The van der Waals surface area contributed by atoms with Crippen LogP contribution in [0, 0.1) is 0 Å². The van der Waals surface area contributed by atoms with Gasteiger partial charge in [0, 0.05) is 5.92 Å². The van der Waals surface area contributed by atoms with Gasteiger partial charge in [-0.25, -0.2) is 0 Å². The van der Waals surface area contributed by atoms with E-state index in [-0.39, 0.29) is 0 Å². The van der Waals surface area contributed by atoms with E-state index in [0.717, 1.165) is 17.9 Å². The number of H-pyrrole nitrogens is 1. The van der Waals surface area contributed by atoms with Crippen LogP contribution in [0.4, 0.5) is 0 Å². The summed E-state index contributed by atoms with van der Waals surface area (Å²) in [5.41, 5.74) is 0.975. The van der Waals surface area contributed by atoms with Crippen LogP contribution in [0.1, 0.15) is 18.0 Å². The van der Waals surface area contributed by atoms with Gasteiger partial charge < -0.3 is 4.74 Å². The van der Waals surface area contributed by atoms with E-state index in [1.165, 1.54) is 0 Å². The quantitative estimate of drug-likeness (QED) is 0.742. The van der Waals surface area contributed by atoms with Crippen LogP contribution in [-0.4, -0.2) is 22.5 Å². The molecule has 13 heavy (non-hydrogen) atoms. The molecule has 1 aliphatic carbocycles. The first kappa shape index (κ1) is 8.04. The zero-order chi connectivity index (χ0) is 9.10. The molecule has 1 aromatic heterocycles. The third-order valence-corrected chi connectivity index (χ3v) is 2.12. The molecular formula is C9H11N3O. The van der Waals surface area contributed by atoms with Crippen LogP contribution in [0.3, 0.4) is 0 Å². The summed E-state index contributed by atoms with van der Waals surface area (Å²) in [6.07, 6.45) is 8.77. The summed E-state index contributed by atoms with van der Waals surface area (Å²) >= 11 is 0. The normalized spacial score (nSPS) is 21.3. The molecule has 0 fully saturated rings. The first-order valence-electron chi connectivity index (χ1n) is 4.18. The summed E-state index contributed by atoms with van der Waals surface area (Å²) in [5.74, 6) is 1.25. The lowest BCUT2D eigenvalue weighted by Gasteiger charge is -2.12. The van der Waals surface area contributed by atoms with Gasteiger partial charge >= 0.3 is 0 Å². The van der Waals surface area contributed by atoms with Gasteiger partial charge in [0.2, 0.25) is 0 Å². The monoisotopic (exact) mass is 177 g/mol. The Balaban J connectivity index is 2.09. The van der Waals surface area contributed by atoms with Crippen molar-refractivity contribution < 1.29 is 4.74 Å². The van der Waals surface area contributed by atoms with Gasteiger partial charge in [0.15, 0.2) is 0 Å². The maximum Gasteiger partial charge on any atom is 0.114 e. The second-order valence-corrected chi connectivity index (χ2v) is 2.91. The average molecular weight is 177 g/mol. The van der Waals surface area contributed by atoms with Crippen LogP contribution in [0.5, 0.6) is 0 Å². The molecule has 68 valence electrons. The molecule has 0 saturated carbocycles. The van der Waals surface area contributed by atoms with Gasteiger partial charge in [0.1, 0.15) is 5.76 Å². The molecule has 2 rings (SSSR count). The minimum Gasteiger partial charge on any atom is -0.497 e. The number of methoxy groups -OCH3 is 1. The van der Waals surface area contributed by atoms with E-state index in [9.17, 15) is 0 Å². The first-order chi connectivity index (χ1) is 6.40. The second kappa shape index (κ2) is 3.43. The zero-order valence-corrected chi connectivity index (χ0v) is 7.40. The van der Waals surface area contributed by atoms with Crippen LogP contribution in [-0.2, 0) is 4.74 Å². The molecule has 0 amide bonds. The zero-order valence-electron chi connectivity index (χ0n) is 7.40. The molecule has 0 aromatic carbocycles. The Morgan fingerprint density at radius 2 is 2.54 bits per heavy atom. The van der Waals surface area contributed by atoms with Crippen molar-refractivity contribution in [1.82, 2.24) is 15.4 Å². The average Bonchev–Trinajstić information content (AvgIpc) is 2.71. The largest absolute Gasteiger partial charge is 0.497 e. The van der Waals surface area contributed by atoms with Crippen molar-refractivity contribution in [2.45, 2.75) is 12.3 Å². The third kappa shape index (κ3) is 1.61. The molecule has 4 nitrogen and oxygen atoms in total. The lowest BCUT2D eigenvalue weighted by molar-refractivity contribution is 0.303. The Kier molecular flexibility index (Phi) is 2.12. The number of rotatable bonds is 2. The summed E-state index contributed by atoms with van der Waals surface area (Å²) in [4.78, 5) is 0. The maximum absolute atomic E-state index is 5.09. The number of nitrogens with one attached hydrogen (secondary N) is 1. The molecule has 0 bridgehead atoms. The van der Waals surface area contributed by atoms with Crippen molar-refractivity contribution >= 4 is 0 Å². The Hall–Kier alpha value is -1.58. The van der Waals surface area contributed by atoms with Gasteiger partial charge in [-0.15, -0.1) is 0 Å². The highest BCUT2D eigenvalue weighted by Crippen LogP contribution is 2.24. The number of ether oxygens (including phenoxy) is 1. The predicted molar refractivity (Wildman–Crippen MR) is 48.0 cm³/mol. The lowest BCUT2D eigenvalue weighted by Crippen LogP contribution is -1.99. The number of hydrogen-bond donors (Lipinski definition) is 1. The van der Waals surface area contributed by atoms with E-state index < -0.39 is 0 Å². The van der Waals surface area contributed by atoms with Crippen molar-refractivity contribution in [3.63, 3.8) is 0 Å². The lowest BCUT2D eigenvalue weighted by atomic mass is 9.97. The van der Waals surface area contributed by atoms with Crippen molar-refractivity contribution in [1.29, 1.82) is 0 Å². The van der Waals surface area contributed by atoms with E-state index in [0.29, 0.717) is 5.92 Å². The smallest absolute Gasteiger partial charge is 0.114 e. The van der Waals surface area contributed by atoms with Crippen LogP contribution in [0.2, 0.25) is 0 Å².